The molecule has 0 aliphatic heterocycles. The topological polar surface area (TPSA) is 78.9 Å². The van der Waals surface area contributed by atoms with Gasteiger partial charge in [0.15, 0.2) is 6.10 Å². The Bertz CT molecular complexity index is 1400. The molecule has 6 nitrogen and oxygen atoms in total. The van der Waals surface area contributed by atoms with E-state index in [1.165, 1.54) is 154 Å². The molecule has 0 aromatic heterocycles. The molecule has 6 heteroatoms. The van der Waals surface area contributed by atoms with Crippen LogP contribution >= 0.6 is 0 Å². The van der Waals surface area contributed by atoms with E-state index in [1.807, 2.05) is 0 Å². The summed E-state index contributed by atoms with van der Waals surface area (Å²) in [6.07, 6.45) is 80.5. The van der Waals surface area contributed by atoms with Crippen molar-refractivity contribution in [3.05, 3.63) is 85.1 Å². The van der Waals surface area contributed by atoms with Crippen LogP contribution in [-0.2, 0) is 28.6 Å². The SMILES string of the molecule is CC/C=C\C/C=C\C/C=C\C/C=C\C/C=C\C/C=C\C/C=C\CCCCCC(=O)OCC(COC(=O)CCCCCCCC)OC(=O)CCCCCCCCCCCCCCCCCCCCCCCCCC. The minimum atomic E-state index is -0.786. The highest BCUT2D eigenvalue weighted by atomic mass is 16.6. The molecule has 1 atom stereocenters. The fraction of sp³-hybridized carbons (Fsp3) is 0.746. The summed E-state index contributed by atoms with van der Waals surface area (Å²) in [5.74, 6) is -0.919. The molecule has 0 amide bonds. The molecular formula is C67H116O6. The summed E-state index contributed by atoms with van der Waals surface area (Å²) >= 11 is 0. The van der Waals surface area contributed by atoms with Gasteiger partial charge in [-0.25, -0.2) is 0 Å². The predicted molar refractivity (Wildman–Crippen MR) is 316 cm³/mol. The first-order valence-corrected chi connectivity index (χ1v) is 31.1. The average Bonchev–Trinajstić information content (AvgIpc) is 3.39. The van der Waals surface area contributed by atoms with Gasteiger partial charge in [0.25, 0.3) is 0 Å². The Morgan fingerprint density at radius 1 is 0.288 bits per heavy atom. The van der Waals surface area contributed by atoms with E-state index in [-0.39, 0.29) is 31.1 Å². The van der Waals surface area contributed by atoms with E-state index >= 15 is 0 Å². The lowest BCUT2D eigenvalue weighted by Gasteiger charge is -2.18. The molecule has 0 saturated heterocycles. The number of allylic oxidation sites excluding steroid dienone is 14. The van der Waals surface area contributed by atoms with Gasteiger partial charge in [0, 0.05) is 19.3 Å². The third-order valence-corrected chi connectivity index (χ3v) is 13.4. The maximum Gasteiger partial charge on any atom is 0.306 e. The van der Waals surface area contributed by atoms with Crippen LogP contribution in [0.4, 0.5) is 0 Å². The standard InChI is InChI=1S/C67H116O6/c1-4-7-10-13-16-18-20-22-24-26-28-30-32-34-36-37-39-41-43-45-47-49-51-54-57-60-66(69)72-63-64(62-71-65(68)59-56-53-15-12-9-6-3)73-67(70)61-58-55-52-50-48-46-44-42-40-38-35-33-31-29-27-25-23-21-19-17-14-11-8-5-2/h7,10,16,18,22,24,28,30,34,36,39,41,45,47,64H,4-6,8-9,11-15,17,19-21,23,25-27,29,31-33,35,37-38,40,42-44,46,48-63H2,1-3H3/b10-7-,18-16-,24-22-,30-28-,36-34-,41-39-,47-45-. The van der Waals surface area contributed by atoms with Crippen LogP contribution in [0.5, 0.6) is 0 Å². The third-order valence-electron chi connectivity index (χ3n) is 13.4. The zero-order chi connectivity index (χ0) is 52.9. The van der Waals surface area contributed by atoms with Crippen LogP contribution < -0.4 is 0 Å². The van der Waals surface area contributed by atoms with Gasteiger partial charge in [0.1, 0.15) is 13.2 Å². The summed E-state index contributed by atoms with van der Waals surface area (Å²) in [5.41, 5.74) is 0. The molecule has 73 heavy (non-hydrogen) atoms. The number of hydrogen-bond acceptors (Lipinski definition) is 6. The van der Waals surface area contributed by atoms with Crippen molar-refractivity contribution in [1.29, 1.82) is 0 Å². The summed E-state index contributed by atoms with van der Waals surface area (Å²) in [5, 5.41) is 0. The van der Waals surface area contributed by atoms with Gasteiger partial charge in [-0.1, -0.05) is 292 Å². The lowest BCUT2D eigenvalue weighted by Crippen LogP contribution is -2.30. The first kappa shape index (κ1) is 69.6. The van der Waals surface area contributed by atoms with E-state index in [0.29, 0.717) is 19.3 Å². The van der Waals surface area contributed by atoms with Crippen LogP contribution in [0.1, 0.15) is 303 Å². The quantitative estimate of drug-likeness (QED) is 0.0261. The Hall–Kier alpha value is -3.41. The van der Waals surface area contributed by atoms with Crippen molar-refractivity contribution in [2.75, 3.05) is 13.2 Å². The molecule has 0 saturated carbocycles. The van der Waals surface area contributed by atoms with E-state index in [0.717, 1.165) is 109 Å². The minimum absolute atomic E-state index is 0.0853. The maximum absolute atomic E-state index is 12.8. The van der Waals surface area contributed by atoms with Gasteiger partial charge in [-0.05, 0) is 77.0 Å². The smallest absolute Gasteiger partial charge is 0.306 e. The second kappa shape index (κ2) is 61.1. The van der Waals surface area contributed by atoms with Crippen molar-refractivity contribution >= 4 is 17.9 Å². The molecule has 0 aromatic carbocycles. The predicted octanol–water partition coefficient (Wildman–Crippen LogP) is 21.1. The molecule has 0 N–H and O–H groups in total. The van der Waals surface area contributed by atoms with Crippen LogP contribution in [0.2, 0.25) is 0 Å². The molecule has 420 valence electrons. The number of hydrogen-bond donors (Lipinski definition) is 0. The van der Waals surface area contributed by atoms with Gasteiger partial charge in [-0.15, -0.1) is 0 Å². The second-order valence-electron chi connectivity index (χ2n) is 20.6. The Balaban J connectivity index is 4.16. The van der Waals surface area contributed by atoms with Gasteiger partial charge in [0.05, 0.1) is 0 Å². The number of rotatable bonds is 56. The van der Waals surface area contributed by atoms with Gasteiger partial charge in [-0.2, -0.15) is 0 Å². The summed E-state index contributed by atoms with van der Waals surface area (Å²) in [6.45, 7) is 6.47. The molecule has 0 radical (unpaired) electrons. The zero-order valence-electron chi connectivity index (χ0n) is 48.1. The Morgan fingerprint density at radius 2 is 0.534 bits per heavy atom. The van der Waals surface area contributed by atoms with Crippen molar-refractivity contribution in [2.45, 2.75) is 309 Å². The van der Waals surface area contributed by atoms with Gasteiger partial charge in [-0.3, -0.25) is 14.4 Å². The number of unbranched alkanes of at least 4 members (excludes halogenated alkanes) is 31. The summed E-state index contributed by atoms with van der Waals surface area (Å²) in [4.78, 5) is 38.0. The largest absolute Gasteiger partial charge is 0.462 e. The fourth-order valence-corrected chi connectivity index (χ4v) is 8.78. The second-order valence-corrected chi connectivity index (χ2v) is 20.6. The number of carbonyl (C=O) groups excluding carboxylic acids is 3. The first-order chi connectivity index (χ1) is 36.0. The molecule has 1 unspecified atom stereocenters. The number of carbonyl (C=O) groups is 3. The molecule has 0 aliphatic carbocycles. The average molecular weight is 1020 g/mol. The van der Waals surface area contributed by atoms with Crippen LogP contribution in [0.15, 0.2) is 85.1 Å². The van der Waals surface area contributed by atoms with Crippen molar-refractivity contribution in [2.24, 2.45) is 0 Å². The van der Waals surface area contributed by atoms with Crippen LogP contribution in [0.25, 0.3) is 0 Å². The Labute approximate surface area is 452 Å². The summed E-state index contributed by atoms with van der Waals surface area (Å²) in [7, 11) is 0. The van der Waals surface area contributed by atoms with E-state index in [4.69, 9.17) is 14.2 Å². The Morgan fingerprint density at radius 3 is 0.836 bits per heavy atom. The number of esters is 3. The molecule has 0 rings (SSSR count). The van der Waals surface area contributed by atoms with Gasteiger partial charge < -0.3 is 14.2 Å². The van der Waals surface area contributed by atoms with E-state index < -0.39 is 6.10 Å². The molecule has 0 fully saturated rings. The van der Waals surface area contributed by atoms with Crippen molar-refractivity contribution < 1.29 is 28.6 Å². The lowest BCUT2D eigenvalue weighted by molar-refractivity contribution is -0.167. The molecule has 0 heterocycles. The zero-order valence-corrected chi connectivity index (χ0v) is 48.1. The lowest BCUT2D eigenvalue weighted by atomic mass is 10.0. The molecule has 0 spiro atoms. The third kappa shape index (κ3) is 59.3. The molecule has 0 aliphatic rings. The molecule has 0 aromatic rings. The fourth-order valence-electron chi connectivity index (χ4n) is 8.78. The molecule has 0 bridgehead atoms. The van der Waals surface area contributed by atoms with E-state index in [1.54, 1.807) is 0 Å². The van der Waals surface area contributed by atoms with Crippen LogP contribution in [-0.4, -0.2) is 37.2 Å². The normalized spacial score (nSPS) is 12.6. The molecular weight excluding hydrogens is 901 g/mol. The maximum atomic E-state index is 12.8. The van der Waals surface area contributed by atoms with E-state index in [2.05, 4.69) is 106 Å². The highest BCUT2D eigenvalue weighted by Crippen LogP contribution is 2.17. The summed E-state index contributed by atoms with van der Waals surface area (Å²) in [6, 6.07) is 0. The monoisotopic (exact) mass is 1020 g/mol. The number of ether oxygens (including phenoxy) is 3. The minimum Gasteiger partial charge on any atom is -0.462 e. The first-order valence-electron chi connectivity index (χ1n) is 31.1. The Kier molecular flexibility index (Phi) is 58.3. The highest BCUT2D eigenvalue weighted by molar-refractivity contribution is 5.71. The van der Waals surface area contributed by atoms with Gasteiger partial charge in [0.2, 0.25) is 0 Å². The van der Waals surface area contributed by atoms with Crippen LogP contribution in [0, 0.1) is 0 Å². The van der Waals surface area contributed by atoms with Gasteiger partial charge >= 0.3 is 17.9 Å². The van der Waals surface area contributed by atoms with Crippen molar-refractivity contribution in [3.63, 3.8) is 0 Å². The van der Waals surface area contributed by atoms with Crippen LogP contribution in [0.3, 0.4) is 0 Å². The van der Waals surface area contributed by atoms with Crippen molar-refractivity contribution in [3.8, 4) is 0 Å². The van der Waals surface area contributed by atoms with Crippen molar-refractivity contribution in [1.82, 2.24) is 0 Å². The summed E-state index contributed by atoms with van der Waals surface area (Å²) < 4.78 is 16.8. The highest BCUT2D eigenvalue weighted by Gasteiger charge is 2.19. The van der Waals surface area contributed by atoms with E-state index in [9.17, 15) is 14.4 Å².